The van der Waals surface area contributed by atoms with E-state index in [-0.39, 0.29) is 5.75 Å². The molecule has 0 bridgehead atoms. The molecular formula is C11H10BF5O2. The smallest absolute Gasteiger partial charge is 0.453 e. The molecule has 1 rings (SSSR count). The lowest BCUT2D eigenvalue weighted by molar-refractivity contribution is -0.290. The van der Waals surface area contributed by atoms with Crippen molar-refractivity contribution in [1.82, 2.24) is 0 Å². The summed E-state index contributed by atoms with van der Waals surface area (Å²) < 4.78 is 66.5. The van der Waals surface area contributed by atoms with Crippen LogP contribution < -0.4 is 10.2 Å². The van der Waals surface area contributed by atoms with Crippen LogP contribution in [0.3, 0.4) is 0 Å². The zero-order valence-electron chi connectivity index (χ0n) is 9.62. The van der Waals surface area contributed by atoms with Crippen LogP contribution >= 0.6 is 0 Å². The van der Waals surface area contributed by atoms with Crippen molar-refractivity contribution in [3.63, 3.8) is 0 Å². The first-order valence-electron chi connectivity index (χ1n) is 5.23. The molecule has 0 saturated carbocycles. The van der Waals surface area contributed by atoms with E-state index in [9.17, 15) is 22.0 Å². The first-order chi connectivity index (χ1) is 8.65. The molecule has 1 aromatic carbocycles. The van der Waals surface area contributed by atoms with Crippen LogP contribution in [-0.2, 0) is 0 Å². The van der Waals surface area contributed by atoms with Crippen LogP contribution in [0.4, 0.5) is 22.0 Å². The van der Waals surface area contributed by atoms with Gasteiger partial charge in [0, 0.05) is 0 Å². The summed E-state index contributed by atoms with van der Waals surface area (Å²) in [6, 6.07) is 5.41. The van der Waals surface area contributed by atoms with Crippen LogP contribution in [0.15, 0.2) is 24.3 Å². The van der Waals surface area contributed by atoms with E-state index in [1.807, 2.05) is 0 Å². The van der Waals surface area contributed by atoms with E-state index in [1.54, 1.807) is 0 Å². The van der Waals surface area contributed by atoms with Gasteiger partial charge >= 0.3 is 12.1 Å². The maximum Gasteiger partial charge on any atom is 0.453 e. The van der Waals surface area contributed by atoms with E-state index in [4.69, 9.17) is 17.7 Å². The van der Waals surface area contributed by atoms with E-state index < -0.39 is 31.2 Å². The van der Waals surface area contributed by atoms with Crippen LogP contribution in [0.2, 0.25) is 0 Å². The summed E-state index contributed by atoms with van der Waals surface area (Å²) in [6.07, 6.45) is -9.00. The molecule has 0 aromatic heterocycles. The minimum atomic E-state index is -5.68. The Morgan fingerprint density at radius 2 is 1.63 bits per heavy atom. The molecule has 0 spiro atoms. The Bertz CT molecular complexity index is 405. The number of ether oxygens (including phenoxy) is 1. The minimum absolute atomic E-state index is 0.0474. The first-order valence-corrected chi connectivity index (χ1v) is 5.23. The third kappa shape index (κ3) is 4.38. The summed E-state index contributed by atoms with van der Waals surface area (Å²) >= 11 is 0. The van der Waals surface area contributed by atoms with Crippen molar-refractivity contribution in [2.24, 2.45) is 0 Å². The third-order valence-electron chi connectivity index (χ3n) is 2.29. The molecule has 8 heteroatoms. The van der Waals surface area contributed by atoms with Gasteiger partial charge < -0.3 is 9.84 Å². The third-order valence-corrected chi connectivity index (χ3v) is 2.29. The zero-order valence-corrected chi connectivity index (χ0v) is 9.62. The lowest BCUT2D eigenvalue weighted by atomic mass is 9.97. The predicted molar refractivity (Wildman–Crippen MR) is 59.0 cm³/mol. The van der Waals surface area contributed by atoms with Crippen molar-refractivity contribution in [1.29, 1.82) is 0 Å². The Balaban J connectivity index is 2.72. The summed E-state index contributed by atoms with van der Waals surface area (Å²) in [5.74, 6) is -4.87. The van der Waals surface area contributed by atoms with Crippen molar-refractivity contribution in [2.75, 3.05) is 6.61 Å². The van der Waals surface area contributed by atoms with Crippen LogP contribution in [0.25, 0.3) is 0 Å². The molecule has 0 fully saturated rings. The lowest BCUT2D eigenvalue weighted by Crippen LogP contribution is -2.42. The van der Waals surface area contributed by atoms with Gasteiger partial charge in [-0.15, -0.1) is 0 Å². The molecule has 19 heavy (non-hydrogen) atoms. The number of benzene rings is 1. The van der Waals surface area contributed by atoms with E-state index in [0.29, 0.717) is 5.46 Å². The van der Waals surface area contributed by atoms with Crippen molar-refractivity contribution < 1.29 is 31.8 Å². The maximum absolute atomic E-state index is 12.8. The van der Waals surface area contributed by atoms with Gasteiger partial charge in [-0.05, 0) is 12.1 Å². The second-order valence-electron chi connectivity index (χ2n) is 3.90. The van der Waals surface area contributed by atoms with Crippen LogP contribution in [0.1, 0.15) is 6.42 Å². The van der Waals surface area contributed by atoms with Gasteiger partial charge in [0.1, 0.15) is 19.7 Å². The van der Waals surface area contributed by atoms with Crippen molar-refractivity contribution in [3.8, 4) is 5.75 Å². The van der Waals surface area contributed by atoms with Gasteiger partial charge in [0.15, 0.2) is 0 Å². The monoisotopic (exact) mass is 280 g/mol. The molecule has 1 unspecified atom stereocenters. The first kappa shape index (κ1) is 15.8. The zero-order chi connectivity index (χ0) is 14.7. The SMILES string of the molecule is [B]c1ccc(OC(CO)CC(F)(F)C(F)(F)F)cc1. The fourth-order valence-corrected chi connectivity index (χ4v) is 1.28. The van der Waals surface area contributed by atoms with E-state index >= 15 is 0 Å². The fourth-order valence-electron chi connectivity index (χ4n) is 1.28. The molecule has 0 amide bonds. The molecule has 104 valence electrons. The number of hydrogen-bond donors (Lipinski definition) is 1. The largest absolute Gasteiger partial charge is 0.488 e. The van der Waals surface area contributed by atoms with Crippen LogP contribution in [0, 0.1) is 0 Å². The topological polar surface area (TPSA) is 29.5 Å². The quantitative estimate of drug-likeness (QED) is 0.658. The molecule has 2 nitrogen and oxygen atoms in total. The highest BCUT2D eigenvalue weighted by atomic mass is 19.4. The summed E-state index contributed by atoms with van der Waals surface area (Å²) in [6.45, 7) is -0.962. The number of alkyl halides is 5. The Kier molecular flexibility index (Phi) is 4.78. The lowest BCUT2D eigenvalue weighted by Gasteiger charge is -2.24. The molecule has 1 atom stereocenters. The molecule has 0 aliphatic rings. The normalized spacial score (nSPS) is 14.2. The highest BCUT2D eigenvalue weighted by Gasteiger charge is 2.58. The Labute approximate surface area is 107 Å². The summed E-state index contributed by atoms with van der Waals surface area (Å²) in [4.78, 5) is 0. The van der Waals surface area contributed by atoms with Gasteiger partial charge in [-0.1, -0.05) is 17.6 Å². The Morgan fingerprint density at radius 3 is 2.05 bits per heavy atom. The number of rotatable bonds is 5. The molecule has 0 aliphatic carbocycles. The van der Waals surface area contributed by atoms with Crippen molar-refractivity contribution >= 4 is 13.3 Å². The number of halogens is 5. The molecule has 1 N–H and O–H groups in total. The number of aliphatic hydroxyl groups is 1. The molecule has 0 saturated heterocycles. The summed E-state index contributed by atoms with van der Waals surface area (Å²) in [5.41, 5.74) is 0.383. The molecule has 2 radical (unpaired) electrons. The van der Waals surface area contributed by atoms with Crippen LogP contribution in [-0.4, -0.2) is 37.8 Å². The second kappa shape index (κ2) is 5.77. The summed E-state index contributed by atoms with van der Waals surface area (Å²) in [5, 5.41) is 8.82. The summed E-state index contributed by atoms with van der Waals surface area (Å²) in [7, 11) is 5.38. The standard InChI is InChI=1S/C11H10BF5O2/c12-7-1-3-8(4-2-7)19-9(6-18)5-10(13,14)11(15,16)17/h1-4,9,18H,5-6H2. The van der Waals surface area contributed by atoms with Crippen molar-refractivity contribution in [2.45, 2.75) is 24.6 Å². The van der Waals surface area contributed by atoms with E-state index in [0.717, 1.165) is 0 Å². The average Bonchev–Trinajstić information content (AvgIpc) is 2.29. The van der Waals surface area contributed by atoms with Gasteiger partial charge in [0.05, 0.1) is 13.0 Å². The Hall–Kier alpha value is -1.31. The highest BCUT2D eigenvalue weighted by molar-refractivity contribution is 6.32. The minimum Gasteiger partial charge on any atom is -0.488 e. The number of aliphatic hydroxyl groups excluding tert-OH is 1. The molecule has 1 aromatic rings. The van der Waals surface area contributed by atoms with Gasteiger partial charge in [0.2, 0.25) is 0 Å². The van der Waals surface area contributed by atoms with E-state index in [2.05, 4.69) is 0 Å². The van der Waals surface area contributed by atoms with E-state index in [1.165, 1.54) is 24.3 Å². The number of hydrogen-bond acceptors (Lipinski definition) is 2. The molecule has 0 heterocycles. The van der Waals surface area contributed by atoms with Crippen molar-refractivity contribution in [3.05, 3.63) is 24.3 Å². The van der Waals surface area contributed by atoms with Gasteiger partial charge in [-0.3, -0.25) is 0 Å². The van der Waals surface area contributed by atoms with Crippen LogP contribution in [0.5, 0.6) is 5.75 Å². The van der Waals surface area contributed by atoms with Gasteiger partial charge in [-0.2, -0.15) is 22.0 Å². The van der Waals surface area contributed by atoms with Gasteiger partial charge in [-0.25, -0.2) is 0 Å². The second-order valence-corrected chi connectivity index (χ2v) is 3.90. The highest BCUT2D eigenvalue weighted by Crippen LogP contribution is 2.39. The molecular weight excluding hydrogens is 270 g/mol. The average molecular weight is 280 g/mol. The Morgan fingerprint density at radius 1 is 1.11 bits per heavy atom. The maximum atomic E-state index is 12.8. The predicted octanol–water partition coefficient (Wildman–Crippen LogP) is 1.81. The van der Waals surface area contributed by atoms with Gasteiger partial charge in [0.25, 0.3) is 0 Å². The molecule has 0 aliphatic heterocycles. The fraction of sp³-hybridized carbons (Fsp3) is 0.455.